The highest BCUT2D eigenvalue weighted by molar-refractivity contribution is 5.95. The lowest BCUT2D eigenvalue weighted by Gasteiger charge is -2.32. The van der Waals surface area contributed by atoms with Crippen molar-refractivity contribution in [2.45, 2.75) is 97.8 Å². The Balaban J connectivity index is 0.000000126. The number of likely N-dealkylation sites (tertiary alicyclic amines) is 2. The van der Waals surface area contributed by atoms with Gasteiger partial charge in [0.25, 0.3) is 11.8 Å². The molecule has 2 N–H and O–H groups in total. The van der Waals surface area contributed by atoms with Crippen LogP contribution >= 0.6 is 0 Å². The van der Waals surface area contributed by atoms with E-state index in [0.29, 0.717) is 36.5 Å². The summed E-state index contributed by atoms with van der Waals surface area (Å²) in [6.45, 7) is 13.0. The number of nitrogens with one attached hydrogen (secondary N) is 2. The van der Waals surface area contributed by atoms with Crippen molar-refractivity contribution in [3.63, 3.8) is 0 Å². The molecule has 2 aliphatic heterocycles. The topological polar surface area (TPSA) is 241 Å². The van der Waals surface area contributed by atoms with Crippen molar-refractivity contribution in [1.29, 1.82) is 0 Å². The van der Waals surface area contributed by atoms with Gasteiger partial charge >= 0.3 is 0 Å². The third kappa shape index (κ3) is 21.4. The predicted molar refractivity (Wildman–Crippen MR) is 477 cm³/mol. The van der Waals surface area contributed by atoms with Crippen molar-refractivity contribution < 1.29 is 19.2 Å². The fourth-order valence-electron chi connectivity index (χ4n) is 16.1. The molecular weight excluding hydrogens is 1510 g/mol. The third-order valence-corrected chi connectivity index (χ3v) is 23.2. The van der Waals surface area contributed by atoms with Gasteiger partial charge in [0.15, 0.2) is 0 Å². The summed E-state index contributed by atoms with van der Waals surface area (Å²) in [6, 6.07) is 70.1. The average Bonchev–Trinajstić information content (AvgIpc) is 1.68. The highest BCUT2D eigenvalue weighted by atomic mass is 16.2. The number of benzene rings is 4. The molecule has 2 fully saturated rings. The van der Waals surface area contributed by atoms with Crippen LogP contribution < -0.4 is 0 Å². The van der Waals surface area contributed by atoms with E-state index in [0.717, 1.165) is 216 Å². The Morgan fingerprint density at radius 1 is 0.446 bits per heavy atom. The Bertz CT molecular complexity index is 6010. The Hall–Kier alpha value is -13.7. The van der Waals surface area contributed by atoms with Crippen LogP contribution in [0.3, 0.4) is 0 Å². The predicted octanol–water partition coefficient (Wildman–Crippen LogP) is 17.3. The zero-order valence-corrected chi connectivity index (χ0v) is 69.5. The Morgan fingerprint density at radius 3 is 1.36 bits per heavy atom. The molecule has 2 saturated heterocycles. The third-order valence-electron chi connectivity index (χ3n) is 23.2. The largest absolute Gasteiger partial charge is 0.346 e. The van der Waals surface area contributed by atoms with Gasteiger partial charge in [-0.15, -0.1) is 0 Å². The minimum absolute atomic E-state index is 0.0696. The summed E-state index contributed by atoms with van der Waals surface area (Å²) in [5, 5.41) is 17.9. The van der Waals surface area contributed by atoms with Crippen LogP contribution in [0.4, 0.5) is 0 Å². The lowest BCUT2D eigenvalue weighted by Crippen LogP contribution is -2.39. The number of fused-ring (bicyclic) bond motifs is 4. The van der Waals surface area contributed by atoms with Crippen molar-refractivity contribution >= 4 is 67.8 Å². The number of carbonyl (C=O) groups is 4. The number of aromatic nitrogens is 15. The molecule has 23 nitrogen and oxygen atoms in total. The van der Waals surface area contributed by atoms with E-state index >= 15 is 0 Å². The number of H-pyrrole nitrogens is 2. The van der Waals surface area contributed by atoms with Crippen molar-refractivity contribution in [2.75, 3.05) is 53.4 Å². The van der Waals surface area contributed by atoms with E-state index in [1.807, 2.05) is 200 Å². The number of amides is 4. The van der Waals surface area contributed by atoms with Crippen LogP contribution in [-0.2, 0) is 55.7 Å². The summed E-state index contributed by atoms with van der Waals surface area (Å²) in [5.41, 5.74) is 19.9. The van der Waals surface area contributed by atoms with Crippen molar-refractivity contribution in [1.82, 2.24) is 93.0 Å². The van der Waals surface area contributed by atoms with Gasteiger partial charge in [-0.05, 0) is 189 Å². The van der Waals surface area contributed by atoms with Crippen LogP contribution in [0, 0.1) is 23.7 Å². The smallest absolute Gasteiger partial charge is 0.253 e. The van der Waals surface area contributed by atoms with E-state index in [-0.39, 0.29) is 23.6 Å². The van der Waals surface area contributed by atoms with Crippen LogP contribution in [-0.4, -0.2) is 170 Å². The number of likely N-dealkylation sites (N-methyl/N-ethyl adjacent to an activating group) is 1. The first kappa shape index (κ1) is 82.4. The molecule has 18 rings (SSSR count). The summed E-state index contributed by atoms with van der Waals surface area (Å²) < 4.78 is 10.9. The minimum atomic E-state index is 0.0696. The molecule has 0 aliphatic carbocycles. The summed E-state index contributed by atoms with van der Waals surface area (Å²) in [6.07, 6.45) is 29.3. The number of hydrogen-bond acceptors (Lipinski definition) is 12. The SMILES string of the molecule is CC(CCN(C)C(=O)Cc1ccccc1)Cn1ccc2nc(-c3cn[nH]c3)ccc21.CC(CCN(C)C(=O)c1ccccc1)Cn1ccc2nc(-c3cn[nH]c3)ccc21.Cn1cc(-c2ccc3c(ccn3CC3CCN(C(=O)c4ccccc4)CC3)n2)cn1.O=C(CCc1ccccc1)N1CCC(Cn2ccc3nc(-c4ccccn4)ccc32)CC1. The van der Waals surface area contributed by atoms with Crippen molar-refractivity contribution in [3.8, 4) is 45.2 Å². The van der Waals surface area contributed by atoms with Gasteiger partial charge in [-0.3, -0.25) is 39.0 Å². The van der Waals surface area contributed by atoms with Crippen LogP contribution in [0.15, 0.2) is 280 Å². The molecule has 121 heavy (non-hydrogen) atoms. The number of aromatic amines is 2. The van der Waals surface area contributed by atoms with Gasteiger partial charge in [-0.1, -0.05) is 117 Å². The van der Waals surface area contributed by atoms with Gasteiger partial charge in [-0.25, -0.2) is 19.9 Å². The quantitative estimate of drug-likeness (QED) is 0.0543. The first-order chi connectivity index (χ1) is 59.1. The second kappa shape index (κ2) is 39.7. The molecule has 16 aromatic rings. The van der Waals surface area contributed by atoms with Crippen LogP contribution in [0.5, 0.6) is 0 Å². The first-order valence-corrected chi connectivity index (χ1v) is 42.1. The normalized spacial score (nSPS) is 13.6. The maximum Gasteiger partial charge on any atom is 0.253 e. The number of hydrogen-bond donors (Lipinski definition) is 2. The maximum atomic E-state index is 12.7. The van der Waals surface area contributed by atoms with Gasteiger partial charge in [-0.2, -0.15) is 15.3 Å². The highest BCUT2D eigenvalue weighted by Crippen LogP contribution is 2.30. The van der Waals surface area contributed by atoms with Crippen LogP contribution in [0.1, 0.15) is 90.6 Å². The summed E-state index contributed by atoms with van der Waals surface area (Å²) in [7, 11) is 5.68. The summed E-state index contributed by atoms with van der Waals surface area (Å²) in [5.74, 6) is 2.69. The van der Waals surface area contributed by atoms with E-state index in [9.17, 15) is 19.2 Å². The lowest BCUT2D eigenvalue weighted by molar-refractivity contribution is -0.132. The first-order valence-electron chi connectivity index (χ1n) is 42.1. The van der Waals surface area contributed by atoms with Gasteiger partial charge < -0.3 is 37.9 Å². The molecule has 0 saturated carbocycles. The average molecular weight is 1610 g/mol. The molecule has 4 aromatic carbocycles. The molecular formula is C98H105N19O4. The number of pyridine rings is 5. The molecule has 12 aromatic heterocycles. The summed E-state index contributed by atoms with van der Waals surface area (Å²) in [4.78, 5) is 81.4. The molecule has 2 atom stereocenters. The number of aryl methyl sites for hydroxylation is 2. The molecule has 616 valence electrons. The van der Waals surface area contributed by atoms with Gasteiger partial charge in [0.1, 0.15) is 0 Å². The second-order valence-electron chi connectivity index (χ2n) is 32.1. The van der Waals surface area contributed by atoms with E-state index < -0.39 is 0 Å². The number of carbonyl (C=O) groups excluding carboxylic acids is 4. The van der Waals surface area contributed by atoms with Crippen LogP contribution in [0.25, 0.3) is 89.3 Å². The lowest BCUT2D eigenvalue weighted by atomic mass is 9.96. The number of rotatable bonds is 25. The van der Waals surface area contributed by atoms with E-state index in [4.69, 9.17) is 19.9 Å². The molecule has 23 heteroatoms. The molecule has 0 bridgehead atoms. The fraction of sp³-hybridized carbons (Fsp3) is 0.286. The van der Waals surface area contributed by atoms with Crippen LogP contribution in [0.2, 0.25) is 0 Å². The van der Waals surface area contributed by atoms with Gasteiger partial charge in [0.2, 0.25) is 11.8 Å². The highest BCUT2D eigenvalue weighted by Gasteiger charge is 2.27. The second-order valence-corrected chi connectivity index (χ2v) is 32.1. The Morgan fingerprint density at radius 2 is 0.884 bits per heavy atom. The molecule has 2 unspecified atom stereocenters. The number of piperidine rings is 2. The van der Waals surface area contributed by atoms with Crippen molar-refractivity contribution in [2.24, 2.45) is 30.7 Å². The van der Waals surface area contributed by atoms with E-state index in [1.165, 1.54) is 5.56 Å². The van der Waals surface area contributed by atoms with Gasteiger partial charge in [0, 0.05) is 170 Å². The zero-order valence-electron chi connectivity index (χ0n) is 69.5. The standard InChI is InChI=1S/C27H28N4O.C24H25N5O.C24H27N5O.C23H25N5O/c32-27(12-9-21-6-2-1-3-7-21)30-17-13-22(14-18-30)20-31-19-15-25-26(31)11-10-24(29-25)23-8-4-5-16-28-23;1-27-17-20(15-25-27)21-7-8-23-22(26-21)11-14-29(23)16-18-9-12-28(13-10-18)24(30)19-5-3-2-4-6-19;1-18(10-12-28(2)24(30)14-19-6-4-3-5-7-19)17-29-13-11-22-23(29)9-8-21(27-22)20-15-25-26-16-20;1-17(10-12-27(2)23(29)18-6-4-3-5-7-18)16-28-13-11-21-22(28)9-8-20(26-21)19-14-24-25-15-19/h1-8,10-11,15-16,19,22H,9,12-14,17-18,20H2;2-8,11,14-15,17-18H,9-10,12-13,16H2,1H3;3-9,11,13,15-16,18H,10,12,14,17H2,1-2H3,(H,25,26);3-9,11,13-15,17H,10,12,16H2,1-2H3,(H,24,25). The van der Waals surface area contributed by atoms with E-state index in [2.05, 4.69) is 160 Å². The number of nitrogens with zero attached hydrogens (tertiary/aromatic N) is 17. The molecule has 14 heterocycles. The van der Waals surface area contributed by atoms with Crippen molar-refractivity contribution in [3.05, 3.63) is 303 Å². The fourth-order valence-corrected chi connectivity index (χ4v) is 16.1. The molecule has 0 spiro atoms. The Labute approximate surface area is 705 Å². The maximum absolute atomic E-state index is 12.7. The molecule has 4 amide bonds. The monoisotopic (exact) mass is 1610 g/mol. The minimum Gasteiger partial charge on any atom is -0.346 e. The van der Waals surface area contributed by atoms with E-state index in [1.54, 1.807) is 28.2 Å². The molecule has 0 radical (unpaired) electrons. The molecule has 2 aliphatic rings. The van der Waals surface area contributed by atoms with Gasteiger partial charge in [0.05, 0.1) is 97.6 Å². The summed E-state index contributed by atoms with van der Waals surface area (Å²) >= 11 is 0. The zero-order chi connectivity index (χ0) is 83.4. The Kier molecular flexibility index (Phi) is 27.0.